The van der Waals surface area contributed by atoms with Crippen LogP contribution in [0.5, 0.6) is 0 Å². The van der Waals surface area contributed by atoms with E-state index in [-0.39, 0.29) is 0 Å². The predicted octanol–water partition coefficient (Wildman–Crippen LogP) is 2.50. The zero-order valence-electron chi connectivity index (χ0n) is 7.76. The molecule has 2 heteroatoms. The molecule has 0 aromatic rings. The molecule has 0 saturated heterocycles. The Kier molecular flexibility index (Phi) is 2.42. The molecule has 0 unspecified atom stereocenters. The van der Waals surface area contributed by atoms with Crippen LogP contribution in [0.1, 0.15) is 34.1 Å². The minimum atomic E-state index is 0.551. The van der Waals surface area contributed by atoms with Gasteiger partial charge in [-0.1, -0.05) is 27.7 Å². The van der Waals surface area contributed by atoms with Gasteiger partial charge < -0.3 is 0 Å². The summed E-state index contributed by atoms with van der Waals surface area (Å²) in [5.41, 5.74) is 2.46. The molecular weight excluding hydrogens is 136 g/mol. The van der Waals surface area contributed by atoms with Crippen LogP contribution in [0.15, 0.2) is 10.2 Å². The second-order valence-corrected chi connectivity index (χ2v) is 3.67. The quantitative estimate of drug-likeness (QED) is 0.581. The highest BCUT2D eigenvalue weighted by Gasteiger charge is 2.17. The summed E-state index contributed by atoms with van der Waals surface area (Å²) < 4.78 is 0. The molecule has 0 aromatic carbocycles. The second kappa shape index (κ2) is 3.16. The van der Waals surface area contributed by atoms with Crippen molar-refractivity contribution < 1.29 is 0 Å². The van der Waals surface area contributed by atoms with Gasteiger partial charge in [0.05, 0.1) is 0 Å². The van der Waals surface area contributed by atoms with Crippen LogP contribution < -0.4 is 0 Å². The molecule has 0 spiro atoms. The van der Waals surface area contributed by atoms with Crippen LogP contribution in [0.4, 0.5) is 0 Å². The highest BCUT2D eigenvalue weighted by atomic mass is 15.2. The zero-order chi connectivity index (χ0) is 8.43. The third-order valence-electron chi connectivity index (χ3n) is 2.00. The first-order valence-corrected chi connectivity index (χ1v) is 4.24. The number of hydrogen-bond acceptors (Lipinski definition) is 2. The van der Waals surface area contributed by atoms with Crippen molar-refractivity contribution in [3.05, 3.63) is 0 Å². The van der Waals surface area contributed by atoms with E-state index in [0.717, 1.165) is 6.42 Å². The molecule has 0 atom stereocenters. The highest BCUT2D eigenvalue weighted by Crippen LogP contribution is 2.14. The molecule has 1 aliphatic heterocycles. The normalized spacial score (nSPS) is 17.6. The molecule has 0 amide bonds. The Hall–Kier alpha value is -0.660. The van der Waals surface area contributed by atoms with Crippen LogP contribution >= 0.6 is 0 Å². The lowest BCUT2D eigenvalue weighted by molar-refractivity contribution is 0.856. The Morgan fingerprint density at radius 2 is 1.27 bits per heavy atom. The smallest absolute Gasteiger partial charge is 0.0488 e. The van der Waals surface area contributed by atoms with Crippen molar-refractivity contribution in [2.75, 3.05) is 0 Å². The lowest BCUT2D eigenvalue weighted by Gasteiger charge is -2.05. The molecule has 0 bridgehead atoms. The topological polar surface area (TPSA) is 24.7 Å². The lowest BCUT2D eigenvalue weighted by Crippen LogP contribution is -2.12. The van der Waals surface area contributed by atoms with Gasteiger partial charge in [0.25, 0.3) is 0 Å². The molecule has 0 N–H and O–H groups in total. The molecule has 1 rings (SSSR count). The van der Waals surface area contributed by atoms with Crippen LogP contribution in [-0.2, 0) is 0 Å². The fourth-order valence-electron chi connectivity index (χ4n) is 1.02. The third kappa shape index (κ3) is 1.88. The minimum Gasteiger partial charge on any atom is -0.159 e. The van der Waals surface area contributed by atoms with Crippen LogP contribution in [-0.4, -0.2) is 11.4 Å². The molecule has 0 radical (unpaired) electrons. The maximum absolute atomic E-state index is 4.14. The fourth-order valence-corrected chi connectivity index (χ4v) is 1.02. The van der Waals surface area contributed by atoms with Gasteiger partial charge in [-0.05, 0) is 11.8 Å². The van der Waals surface area contributed by atoms with E-state index >= 15 is 0 Å². The number of hydrogen-bond donors (Lipinski definition) is 0. The van der Waals surface area contributed by atoms with E-state index in [1.54, 1.807) is 0 Å². The summed E-state index contributed by atoms with van der Waals surface area (Å²) in [7, 11) is 0. The van der Waals surface area contributed by atoms with Crippen molar-refractivity contribution >= 4 is 11.4 Å². The number of rotatable bonds is 2. The largest absolute Gasteiger partial charge is 0.159 e. The summed E-state index contributed by atoms with van der Waals surface area (Å²) in [6.45, 7) is 8.66. The van der Waals surface area contributed by atoms with Crippen LogP contribution in [0.2, 0.25) is 0 Å². The third-order valence-corrected chi connectivity index (χ3v) is 2.00. The Bertz CT molecular complexity index is 178. The molecule has 11 heavy (non-hydrogen) atoms. The average Bonchev–Trinajstić information content (AvgIpc) is 2.33. The summed E-state index contributed by atoms with van der Waals surface area (Å²) in [5, 5.41) is 8.28. The van der Waals surface area contributed by atoms with Gasteiger partial charge in [0.2, 0.25) is 0 Å². The van der Waals surface area contributed by atoms with E-state index in [1.165, 1.54) is 11.4 Å². The molecule has 2 nitrogen and oxygen atoms in total. The van der Waals surface area contributed by atoms with Crippen LogP contribution in [0.3, 0.4) is 0 Å². The van der Waals surface area contributed by atoms with Crippen molar-refractivity contribution in [2.45, 2.75) is 34.1 Å². The SMILES string of the molecule is CC(C)C1=NN=C(C(C)C)C1. The lowest BCUT2D eigenvalue weighted by atomic mass is 9.98. The van der Waals surface area contributed by atoms with Crippen molar-refractivity contribution in [3.63, 3.8) is 0 Å². The van der Waals surface area contributed by atoms with Gasteiger partial charge in [-0.2, -0.15) is 10.2 Å². The van der Waals surface area contributed by atoms with Gasteiger partial charge in [-0.3, -0.25) is 0 Å². The fraction of sp³-hybridized carbons (Fsp3) is 0.778. The molecule has 62 valence electrons. The summed E-state index contributed by atoms with van der Waals surface area (Å²) in [5.74, 6) is 1.10. The summed E-state index contributed by atoms with van der Waals surface area (Å²) >= 11 is 0. The first-order valence-electron chi connectivity index (χ1n) is 4.24. The van der Waals surface area contributed by atoms with Crippen LogP contribution in [0, 0.1) is 11.8 Å². The standard InChI is InChI=1S/C9H16N2/c1-6(2)8-5-9(7(3)4)11-10-8/h6-7H,5H2,1-4H3. The van der Waals surface area contributed by atoms with Gasteiger partial charge in [0.15, 0.2) is 0 Å². The first kappa shape index (κ1) is 8.44. The Balaban J connectivity index is 2.52. The Morgan fingerprint density at radius 3 is 1.45 bits per heavy atom. The summed E-state index contributed by atoms with van der Waals surface area (Å²) in [6.07, 6.45) is 0.995. The van der Waals surface area contributed by atoms with Crippen molar-refractivity contribution in [2.24, 2.45) is 22.0 Å². The monoisotopic (exact) mass is 152 g/mol. The van der Waals surface area contributed by atoms with Gasteiger partial charge in [-0.15, -0.1) is 0 Å². The minimum absolute atomic E-state index is 0.551. The summed E-state index contributed by atoms with van der Waals surface area (Å²) in [6, 6.07) is 0. The van der Waals surface area contributed by atoms with E-state index in [1.807, 2.05) is 0 Å². The Morgan fingerprint density at radius 1 is 0.909 bits per heavy atom. The van der Waals surface area contributed by atoms with E-state index in [2.05, 4.69) is 37.9 Å². The molecule has 0 aromatic heterocycles. The van der Waals surface area contributed by atoms with E-state index in [0.29, 0.717) is 11.8 Å². The molecule has 1 aliphatic rings. The van der Waals surface area contributed by atoms with Crippen molar-refractivity contribution in [1.82, 2.24) is 0 Å². The van der Waals surface area contributed by atoms with Crippen molar-refractivity contribution in [1.29, 1.82) is 0 Å². The van der Waals surface area contributed by atoms with E-state index in [4.69, 9.17) is 0 Å². The molecule has 1 heterocycles. The van der Waals surface area contributed by atoms with Gasteiger partial charge in [-0.25, -0.2) is 0 Å². The summed E-state index contributed by atoms with van der Waals surface area (Å²) in [4.78, 5) is 0. The average molecular weight is 152 g/mol. The van der Waals surface area contributed by atoms with Gasteiger partial charge >= 0.3 is 0 Å². The van der Waals surface area contributed by atoms with E-state index < -0.39 is 0 Å². The predicted molar refractivity (Wildman–Crippen MR) is 49.2 cm³/mol. The van der Waals surface area contributed by atoms with Gasteiger partial charge in [0, 0.05) is 17.8 Å². The van der Waals surface area contributed by atoms with Gasteiger partial charge in [0.1, 0.15) is 0 Å². The second-order valence-electron chi connectivity index (χ2n) is 3.67. The molecule has 0 aliphatic carbocycles. The van der Waals surface area contributed by atoms with E-state index in [9.17, 15) is 0 Å². The maximum Gasteiger partial charge on any atom is 0.0488 e. The molecular formula is C9H16N2. The first-order chi connectivity index (χ1) is 5.11. The Labute approximate surface area is 68.4 Å². The number of nitrogens with zero attached hydrogens (tertiary/aromatic N) is 2. The van der Waals surface area contributed by atoms with Crippen molar-refractivity contribution in [3.8, 4) is 0 Å². The molecule has 0 fully saturated rings. The molecule has 0 saturated carbocycles. The van der Waals surface area contributed by atoms with Crippen LogP contribution in [0.25, 0.3) is 0 Å². The highest BCUT2D eigenvalue weighted by molar-refractivity contribution is 6.08. The maximum atomic E-state index is 4.14. The zero-order valence-corrected chi connectivity index (χ0v) is 7.76.